The molecule has 29 heavy (non-hydrogen) atoms. The summed E-state index contributed by atoms with van der Waals surface area (Å²) < 4.78 is 41.7. The van der Waals surface area contributed by atoms with Gasteiger partial charge in [0.1, 0.15) is 0 Å². The quantitative estimate of drug-likeness (QED) is 0.703. The van der Waals surface area contributed by atoms with E-state index in [1.165, 1.54) is 0 Å². The summed E-state index contributed by atoms with van der Waals surface area (Å²) in [7, 11) is 0. The molecule has 3 aromatic rings. The maximum atomic E-state index is 13.7. The molecule has 0 saturated carbocycles. The van der Waals surface area contributed by atoms with Crippen LogP contribution in [-0.4, -0.2) is 25.9 Å². The molecule has 0 spiro atoms. The van der Waals surface area contributed by atoms with Gasteiger partial charge in [-0.3, -0.25) is 9.59 Å². The van der Waals surface area contributed by atoms with E-state index in [4.69, 9.17) is 0 Å². The van der Waals surface area contributed by atoms with E-state index >= 15 is 0 Å². The molecule has 1 aliphatic rings. The Kier molecular flexibility index (Phi) is 4.69. The van der Waals surface area contributed by atoms with Crippen LogP contribution >= 0.6 is 0 Å². The highest BCUT2D eigenvalue weighted by molar-refractivity contribution is 5.95. The summed E-state index contributed by atoms with van der Waals surface area (Å²) in [5.74, 6) is -1.12. The van der Waals surface area contributed by atoms with E-state index in [0.717, 1.165) is 42.3 Å². The van der Waals surface area contributed by atoms with Gasteiger partial charge in [-0.1, -0.05) is 24.3 Å². The van der Waals surface area contributed by atoms with Crippen molar-refractivity contribution < 1.29 is 18.0 Å². The van der Waals surface area contributed by atoms with Crippen LogP contribution in [0.2, 0.25) is 0 Å². The second-order valence-electron chi connectivity index (χ2n) is 6.71. The van der Waals surface area contributed by atoms with Crippen LogP contribution in [0.15, 0.2) is 47.4 Å². The van der Waals surface area contributed by atoms with E-state index in [0.29, 0.717) is 11.1 Å². The SMILES string of the molecule is O=C(NC1CCCc2ccccc21)c1cnn(-c2ccc(=O)[nH]n2)c1C(F)(F)F. The Labute approximate surface area is 162 Å². The number of halogens is 3. The highest BCUT2D eigenvalue weighted by Gasteiger charge is 2.41. The Morgan fingerprint density at radius 3 is 2.72 bits per heavy atom. The molecule has 1 aliphatic carbocycles. The van der Waals surface area contributed by atoms with Gasteiger partial charge in [0.15, 0.2) is 11.5 Å². The van der Waals surface area contributed by atoms with Gasteiger partial charge in [-0.15, -0.1) is 0 Å². The predicted molar refractivity (Wildman–Crippen MR) is 96.6 cm³/mol. The van der Waals surface area contributed by atoms with Gasteiger partial charge in [0.05, 0.1) is 17.8 Å². The molecule has 2 N–H and O–H groups in total. The van der Waals surface area contributed by atoms with Crippen LogP contribution in [0.1, 0.15) is 46.1 Å². The smallest absolute Gasteiger partial charge is 0.345 e. The molecule has 0 bridgehead atoms. The number of nitrogens with zero attached hydrogens (tertiary/aromatic N) is 3. The summed E-state index contributed by atoms with van der Waals surface area (Å²) in [6.45, 7) is 0. The average Bonchev–Trinajstić information content (AvgIpc) is 3.15. The van der Waals surface area contributed by atoms with Crippen LogP contribution in [0.5, 0.6) is 0 Å². The lowest BCUT2D eigenvalue weighted by molar-refractivity contribution is -0.143. The minimum absolute atomic E-state index is 0.251. The van der Waals surface area contributed by atoms with E-state index in [-0.39, 0.29) is 11.9 Å². The number of rotatable bonds is 3. The Hall–Kier alpha value is -3.43. The highest BCUT2D eigenvalue weighted by atomic mass is 19.4. The fourth-order valence-electron chi connectivity index (χ4n) is 3.56. The van der Waals surface area contributed by atoms with E-state index in [1.54, 1.807) is 0 Å². The van der Waals surface area contributed by atoms with E-state index in [2.05, 4.69) is 20.6 Å². The van der Waals surface area contributed by atoms with Gasteiger partial charge < -0.3 is 5.32 Å². The van der Waals surface area contributed by atoms with Crippen LogP contribution in [-0.2, 0) is 12.6 Å². The number of hydrogen-bond donors (Lipinski definition) is 2. The standard InChI is InChI=1S/C19H16F3N5O2/c20-19(21,22)17-13(10-23-27(17)15-8-9-16(28)26-25-15)18(29)24-14-7-3-5-11-4-1-2-6-12(11)14/h1-2,4,6,8-10,14H,3,5,7H2,(H,24,29)(H,26,28). The maximum absolute atomic E-state index is 13.7. The Morgan fingerprint density at radius 2 is 2.00 bits per heavy atom. The number of fused-ring (bicyclic) bond motifs is 1. The van der Waals surface area contributed by atoms with Gasteiger partial charge in [0.25, 0.3) is 11.5 Å². The molecule has 1 unspecified atom stereocenters. The van der Waals surface area contributed by atoms with Crippen molar-refractivity contribution in [2.45, 2.75) is 31.5 Å². The van der Waals surface area contributed by atoms with Crippen molar-refractivity contribution >= 4 is 5.91 Å². The largest absolute Gasteiger partial charge is 0.434 e. The average molecular weight is 403 g/mol. The number of alkyl halides is 3. The van der Waals surface area contributed by atoms with Crippen molar-refractivity contribution in [2.24, 2.45) is 0 Å². The fraction of sp³-hybridized carbons (Fsp3) is 0.263. The third-order valence-electron chi connectivity index (χ3n) is 4.84. The molecule has 1 amide bonds. The lowest BCUT2D eigenvalue weighted by Crippen LogP contribution is -2.32. The van der Waals surface area contributed by atoms with Crippen molar-refractivity contribution in [3.05, 3.63) is 75.3 Å². The van der Waals surface area contributed by atoms with Crippen molar-refractivity contribution in [1.29, 1.82) is 0 Å². The van der Waals surface area contributed by atoms with Gasteiger partial charge >= 0.3 is 6.18 Å². The summed E-state index contributed by atoms with van der Waals surface area (Å²) in [5, 5.41) is 12.0. The predicted octanol–water partition coefficient (Wildman–Crippen LogP) is 2.78. The first-order valence-corrected chi connectivity index (χ1v) is 8.94. The zero-order chi connectivity index (χ0) is 20.6. The number of carbonyl (C=O) groups is 1. The Balaban J connectivity index is 1.69. The number of benzene rings is 1. The number of carbonyl (C=O) groups excluding carboxylic acids is 1. The van der Waals surface area contributed by atoms with Crippen molar-refractivity contribution in [1.82, 2.24) is 25.3 Å². The summed E-state index contributed by atoms with van der Waals surface area (Å²) in [4.78, 5) is 23.9. The third kappa shape index (κ3) is 3.65. The molecule has 7 nitrogen and oxygen atoms in total. The topological polar surface area (TPSA) is 92.7 Å². The molecule has 2 heterocycles. The van der Waals surface area contributed by atoms with Crippen LogP contribution in [0.3, 0.4) is 0 Å². The number of nitrogens with one attached hydrogen (secondary N) is 2. The lowest BCUT2D eigenvalue weighted by Gasteiger charge is -2.26. The molecular weight excluding hydrogens is 387 g/mol. The molecule has 0 aliphatic heterocycles. The molecule has 1 atom stereocenters. The second kappa shape index (κ2) is 7.19. The molecule has 150 valence electrons. The van der Waals surface area contributed by atoms with Crippen LogP contribution in [0, 0.1) is 0 Å². The molecule has 2 aromatic heterocycles. The monoisotopic (exact) mass is 403 g/mol. The number of hydrogen-bond acceptors (Lipinski definition) is 4. The number of aryl methyl sites for hydroxylation is 1. The van der Waals surface area contributed by atoms with Gasteiger partial charge in [-0.25, -0.2) is 9.78 Å². The zero-order valence-electron chi connectivity index (χ0n) is 15.0. The molecular formula is C19H16F3N5O2. The van der Waals surface area contributed by atoms with Crippen molar-refractivity contribution in [3.8, 4) is 5.82 Å². The Morgan fingerprint density at radius 1 is 1.21 bits per heavy atom. The van der Waals surface area contributed by atoms with Gasteiger partial charge in [0, 0.05) is 6.07 Å². The summed E-state index contributed by atoms with van der Waals surface area (Å²) >= 11 is 0. The highest BCUT2D eigenvalue weighted by Crippen LogP contribution is 2.34. The normalized spacial score (nSPS) is 16.3. The minimum atomic E-state index is -4.86. The molecule has 1 aromatic carbocycles. The molecule has 0 saturated heterocycles. The zero-order valence-corrected chi connectivity index (χ0v) is 15.0. The lowest BCUT2D eigenvalue weighted by atomic mass is 9.87. The maximum Gasteiger partial charge on any atom is 0.434 e. The van der Waals surface area contributed by atoms with Crippen molar-refractivity contribution in [2.75, 3.05) is 0 Å². The van der Waals surface area contributed by atoms with Crippen molar-refractivity contribution in [3.63, 3.8) is 0 Å². The van der Waals surface area contributed by atoms with Gasteiger partial charge in [-0.2, -0.15) is 23.4 Å². The van der Waals surface area contributed by atoms with Gasteiger partial charge in [-0.05, 0) is 36.5 Å². The molecule has 0 fully saturated rings. The Bertz CT molecular complexity index is 1100. The number of amides is 1. The number of aromatic nitrogens is 4. The first-order valence-electron chi connectivity index (χ1n) is 8.94. The number of H-pyrrole nitrogens is 1. The van der Waals surface area contributed by atoms with Crippen LogP contribution in [0.25, 0.3) is 5.82 Å². The third-order valence-corrected chi connectivity index (χ3v) is 4.84. The van der Waals surface area contributed by atoms with Crippen LogP contribution in [0.4, 0.5) is 13.2 Å². The van der Waals surface area contributed by atoms with E-state index in [1.807, 2.05) is 24.3 Å². The summed E-state index contributed by atoms with van der Waals surface area (Å²) in [6.07, 6.45) is -1.66. The molecule has 10 heteroatoms. The molecule has 4 rings (SSSR count). The van der Waals surface area contributed by atoms with Gasteiger partial charge in [0.2, 0.25) is 0 Å². The first-order chi connectivity index (χ1) is 13.8. The van der Waals surface area contributed by atoms with E-state index in [9.17, 15) is 22.8 Å². The minimum Gasteiger partial charge on any atom is -0.345 e. The van der Waals surface area contributed by atoms with Crippen LogP contribution < -0.4 is 10.9 Å². The first kappa shape index (κ1) is 18.9. The fourth-order valence-corrected chi connectivity index (χ4v) is 3.56. The second-order valence-corrected chi connectivity index (χ2v) is 6.71. The van der Waals surface area contributed by atoms with E-state index < -0.39 is 28.9 Å². The number of aromatic amines is 1. The summed E-state index contributed by atoms with van der Waals surface area (Å²) in [5.41, 5.74) is -0.431. The molecule has 0 radical (unpaired) electrons. The summed E-state index contributed by atoms with van der Waals surface area (Å²) in [6, 6.07) is 9.31.